The summed E-state index contributed by atoms with van der Waals surface area (Å²) < 4.78 is 15.0. The Morgan fingerprint density at radius 2 is 1.34 bits per heavy atom. The van der Waals surface area contributed by atoms with Gasteiger partial charge in [0.15, 0.2) is 0 Å². The van der Waals surface area contributed by atoms with Gasteiger partial charge in [0.2, 0.25) is 0 Å². The van der Waals surface area contributed by atoms with Gasteiger partial charge in [-0.3, -0.25) is 0 Å². The zero-order chi connectivity index (χ0) is 22.1. The van der Waals surface area contributed by atoms with Gasteiger partial charge in [0, 0.05) is 16.5 Å². The predicted molar refractivity (Wildman–Crippen MR) is 134 cm³/mol. The molecule has 3 nitrogen and oxygen atoms in total. The molecule has 1 aromatic heterocycles. The van der Waals surface area contributed by atoms with Gasteiger partial charge in [0.05, 0.1) is 22.2 Å². The van der Waals surface area contributed by atoms with E-state index in [9.17, 15) is 0 Å². The normalized spacial score (nSPS) is 17.6. The highest BCUT2D eigenvalue weighted by Crippen LogP contribution is 2.38. The van der Waals surface area contributed by atoms with Gasteiger partial charge in [-0.15, -0.1) is 0 Å². The van der Waals surface area contributed by atoms with Crippen LogP contribution in [-0.4, -0.2) is 22.9 Å². The van der Waals surface area contributed by atoms with Crippen LogP contribution in [0.1, 0.15) is 27.7 Å². The molecule has 158 valence electrons. The second-order valence-electron chi connectivity index (χ2n) is 9.72. The monoisotopic (exact) mass is 419 g/mol. The minimum atomic E-state index is -0.381. The molecule has 0 atom stereocenters. The molecule has 0 amide bonds. The van der Waals surface area contributed by atoms with E-state index in [0.29, 0.717) is 0 Å². The van der Waals surface area contributed by atoms with Crippen molar-refractivity contribution >= 4 is 45.2 Å². The van der Waals surface area contributed by atoms with Crippen molar-refractivity contribution in [2.45, 2.75) is 38.9 Å². The summed E-state index contributed by atoms with van der Waals surface area (Å²) in [6.07, 6.45) is 0. The molecule has 1 saturated heterocycles. The van der Waals surface area contributed by atoms with Gasteiger partial charge in [-0.25, -0.2) is 0 Å². The van der Waals surface area contributed by atoms with Crippen LogP contribution >= 0.6 is 0 Å². The van der Waals surface area contributed by atoms with Crippen LogP contribution in [0.3, 0.4) is 0 Å². The second-order valence-corrected chi connectivity index (χ2v) is 9.72. The molecule has 0 saturated carbocycles. The van der Waals surface area contributed by atoms with Crippen LogP contribution in [0.2, 0.25) is 0 Å². The van der Waals surface area contributed by atoms with Gasteiger partial charge in [0.1, 0.15) is 0 Å². The molecule has 2 heterocycles. The zero-order valence-electron chi connectivity index (χ0n) is 18.9. The molecule has 32 heavy (non-hydrogen) atoms. The Hall–Kier alpha value is -3.08. The molecule has 1 aliphatic heterocycles. The summed E-state index contributed by atoms with van der Waals surface area (Å²) in [4.78, 5) is 0. The largest absolute Gasteiger partial charge is 0.494 e. The van der Waals surface area contributed by atoms with Crippen molar-refractivity contribution in [3.8, 4) is 5.69 Å². The maximum atomic E-state index is 6.32. The fourth-order valence-electron chi connectivity index (χ4n) is 4.81. The Kier molecular flexibility index (Phi) is 4.11. The van der Waals surface area contributed by atoms with Gasteiger partial charge in [0.25, 0.3) is 0 Å². The molecule has 4 heteroatoms. The SMILES string of the molecule is CC1(C)OB(c2cccc(-n3c4ccccc4c4c5ccccc5ccc43)c2)OC1(C)C. The fraction of sp³-hybridized carbons (Fsp3) is 0.214. The quantitative estimate of drug-likeness (QED) is 0.317. The summed E-state index contributed by atoms with van der Waals surface area (Å²) in [5.41, 5.74) is 3.83. The van der Waals surface area contributed by atoms with Crippen molar-refractivity contribution in [1.82, 2.24) is 4.57 Å². The van der Waals surface area contributed by atoms with Crippen LogP contribution in [0.25, 0.3) is 38.3 Å². The molecule has 1 aliphatic rings. The smallest absolute Gasteiger partial charge is 0.399 e. The first-order valence-electron chi connectivity index (χ1n) is 11.2. The molecular formula is C28H26BNO2. The third-order valence-corrected chi connectivity index (χ3v) is 7.22. The topological polar surface area (TPSA) is 23.4 Å². The third-order valence-electron chi connectivity index (χ3n) is 7.22. The van der Waals surface area contributed by atoms with Crippen molar-refractivity contribution in [3.63, 3.8) is 0 Å². The number of fused-ring (bicyclic) bond motifs is 5. The van der Waals surface area contributed by atoms with E-state index in [1.807, 2.05) is 0 Å². The van der Waals surface area contributed by atoms with Gasteiger partial charge < -0.3 is 13.9 Å². The van der Waals surface area contributed by atoms with E-state index in [0.717, 1.165) is 11.2 Å². The Morgan fingerprint density at radius 3 is 2.12 bits per heavy atom. The summed E-state index contributed by atoms with van der Waals surface area (Å²) >= 11 is 0. The van der Waals surface area contributed by atoms with E-state index in [4.69, 9.17) is 9.31 Å². The van der Waals surface area contributed by atoms with Gasteiger partial charge in [-0.1, -0.05) is 60.7 Å². The highest BCUT2D eigenvalue weighted by Gasteiger charge is 2.51. The van der Waals surface area contributed by atoms with Crippen molar-refractivity contribution in [3.05, 3.63) is 84.9 Å². The van der Waals surface area contributed by atoms with Crippen molar-refractivity contribution in [1.29, 1.82) is 0 Å². The number of para-hydroxylation sites is 1. The molecular weight excluding hydrogens is 393 g/mol. The van der Waals surface area contributed by atoms with E-state index in [-0.39, 0.29) is 18.3 Å². The van der Waals surface area contributed by atoms with Crippen LogP contribution in [-0.2, 0) is 9.31 Å². The fourth-order valence-corrected chi connectivity index (χ4v) is 4.81. The summed E-state index contributed by atoms with van der Waals surface area (Å²) in [5, 5.41) is 5.09. The third kappa shape index (κ3) is 2.76. The number of rotatable bonds is 2. The summed E-state index contributed by atoms with van der Waals surface area (Å²) in [5.74, 6) is 0. The Balaban J connectivity index is 1.58. The van der Waals surface area contributed by atoms with E-state index in [1.165, 1.54) is 32.6 Å². The minimum Gasteiger partial charge on any atom is -0.399 e. The molecule has 1 fully saturated rings. The Labute approximate surface area is 188 Å². The van der Waals surface area contributed by atoms with Crippen molar-refractivity contribution < 1.29 is 9.31 Å². The molecule has 6 rings (SSSR count). The van der Waals surface area contributed by atoms with Crippen molar-refractivity contribution in [2.75, 3.05) is 0 Å². The average molecular weight is 419 g/mol. The second kappa shape index (κ2) is 6.71. The highest BCUT2D eigenvalue weighted by molar-refractivity contribution is 6.62. The molecule has 0 spiro atoms. The molecule has 4 aromatic carbocycles. The lowest BCUT2D eigenvalue weighted by atomic mass is 9.79. The van der Waals surface area contributed by atoms with Crippen LogP contribution < -0.4 is 5.46 Å². The summed E-state index contributed by atoms with van der Waals surface area (Å²) in [6, 6.07) is 30.3. The Morgan fingerprint density at radius 1 is 0.656 bits per heavy atom. The molecule has 0 N–H and O–H groups in total. The average Bonchev–Trinajstić information content (AvgIpc) is 3.24. The molecule has 0 unspecified atom stereocenters. The van der Waals surface area contributed by atoms with E-state index >= 15 is 0 Å². The van der Waals surface area contributed by atoms with Crippen molar-refractivity contribution in [2.24, 2.45) is 0 Å². The first kappa shape index (κ1) is 19.6. The van der Waals surface area contributed by atoms with Crippen LogP contribution in [0.4, 0.5) is 0 Å². The lowest BCUT2D eigenvalue weighted by molar-refractivity contribution is 0.00578. The van der Waals surface area contributed by atoms with E-state index < -0.39 is 0 Å². The first-order chi connectivity index (χ1) is 15.4. The number of benzene rings is 4. The minimum absolute atomic E-state index is 0.362. The number of aromatic nitrogens is 1. The van der Waals surface area contributed by atoms with E-state index in [2.05, 4.69) is 117 Å². The van der Waals surface area contributed by atoms with Crippen LogP contribution in [0.5, 0.6) is 0 Å². The standard InChI is InChI=1S/C28H26BNO2/c1-27(2)28(3,4)32-29(31-27)20-11-9-12-21(18-20)30-24-15-8-7-14-23(24)26-22-13-6-5-10-19(22)16-17-25(26)30/h5-18H,1-4H3. The molecule has 5 aromatic rings. The first-order valence-corrected chi connectivity index (χ1v) is 11.2. The maximum absolute atomic E-state index is 6.32. The lowest BCUT2D eigenvalue weighted by Crippen LogP contribution is -2.41. The Bertz CT molecular complexity index is 1480. The van der Waals surface area contributed by atoms with Crippen LogP contribution in [0, 0.1) is 0 Å². The molecule has 0 radical (unpaired) electrons. The predicted octanol–water partition coefficient (Wildman–Crippen LogP) is 6.24. The number of hydrogen-bond donors (Lipinski definition) is 0. The lowest BCUT2D eigenvalue weighted by Gasteiger charge is -2.32. The molecule has 0 aliphatic carbocycles. The van der Waals surface area contributed by atoms with Gasteiger partial charge in [-0.2, -0.15) is 0 Å². The van der Waals surface area contributed by atoms with Gasteiger partial charge >= 0.3 is 7.12 Å². The van der Waals surface area contributed by atoms with Crippen LogP contribution in [0.15, 0.2) is 84.9 Å². The van der Waals surface area contributed by atoms with Gasteiger partial charge in [-0.05, 0) is 68.2 Å². The summed E-state index contributed by atoms with van der Waals surface area (Å²) in [7, 11) is -0.381. The van der Waals surface area contributed by atoms with E-state index in [1.54, 1.807) is 0 Å². The maximum Gasteiger partial charge on any atom is 0.494 e. The molecule has 0 bridgehead atoms. The zero-order valence-corrected chi connectivity index (χ0v) is 18.9. The number of hydrogen-bond acceptors (Lipinski definition) is 2. The summed E-state index contributed by atoms with van der Waals surface area (Å²) in [6.45, 7) is 8.37. The highest BCUT2D eigenvalue weighted by atomic mass is 16.7. The number of nitrogens with zero attached hydrogens (tertiary/aromatic N) is 1.